The number of fused-ring (bicyclic) bond motifs is 11. The molecule has 347 valence electrons. The number of benzene rings is 8. The molecule has 0 aliphatic carbocycles. The maximum Gasteiger partial charge on any atom is 0.0582 e. The Morgan fingerprint density at radius 3 is 1.90 bits per heavy atom. The van der Waals surface area contributed by atoms with Crippen LogP contribution < -0.4 is 0 Å². The van der Waals surface area contributed by atoms with Crippen LogP contribution in [-0.2, 0) is 30.9 Å². The molecule has 72 heavy (non-hydrogen) atoms. The van der Waals surface area contributed by atoms with E-state index >= 15 is 0 Å². The van der Waals surface area contributed by atoms with Crippen LogP contribution in [0, 0.1) is 12.1 Å². The summed E-state index contributed by atoms with van der Waals surface area (Å²) in [5, 5.41) is 7.57. The molecule has 5 aromatic heterocycles. The summed E-state index contributed by atoms with van der Waals surface area (Å²) in [5.41, 5.74) is 19.6. The van der Waals surface area contributed by atoms with E-state index in [0.29, 0.717) is 0 Å². The zero-order valence-electron chi connectivity index (χ0n) is 40.2. The minimum absolute atomic E-state index is 0. The van der Waals surface area contributed by atoms with Gasteiger partial charge in [-0.05, 0) is 92.4 Å². The van der Waals surface area contributed by atoms with Crippen molar-refractivity contribution in [3.8, 4) is 54.8 Å². The SMILES string of the molecule is CC1(C)c2cc(-c3c[c-]c(-c4ccccn4)s3)ccc2-n2c3ccccc3c3cccc1c32.CC1(C)c2ccccc2-n2c3ccc(-c4cc[c-]c(-c5nccc6ccccc56)c4)cc3c3cccc1c32.[Ir]. The van der Waals surface area contributed by atoms with Gasteiger partial charge >= 0.3 is 0 Å². The molecule has 0 bridgehead atoms. The van der Waals surface area contributed by atoms with Gasteiger partial charge in [-0.15, -0.1) is 35.4 Å². The van der Waals surface area contributed by atoms with Gasteiger partial charge in [0.25, 0.3) is 0 Å². The van der Waals surface area contributed by atoms with Crippen molar-refractivity contribution in [3.63, 3.8) is 0 Å². The number of aromatic nitrogens is 4. The van der Waals surface area contributed by atoms with Gasteiger partial charge in [0.05, 0.1) is 33.4 Å². The first-order valence-corrected chi connectivity index (χ1v) is 25.2. The van der Waals surface area contributed by atoms with Crippen LogP contribution >= 0.6 is 11.3 Å². The van der Waals surface area contributed by atoms with Gasteiger partial charge in [-0.3, -0.25) is 0 Å². The maximum absolute atomic E-state index is 4.73. The molecule has 0 spiro atoms. The number of pyridine rings is 2. The number of para-hydroxylation sites is 4. The van der Waals surface area contributed by atoms with Crippen LogP contribution in [0.1, 0.15) is 49.9 Å². The fourth-order valence-electron chi connectivity index (χ4n) is 11.8. The molecule has 0 atom stereocenters. The third-order valence-corrected chi connectivity index (χ3v) is 16.5. The van der Waals surface area contributed by atoms with Gasteiger partial charge in [-0.2, -0.15) is 12.1 Å². The van der Waals surface area contributed by atoms with E-state index in [0.717, 1.165) is 27.2 Å². The first kappa shape index (κ1) is 44.2. The zero-order valence-corrected chi connectivity index (χ0v) is 43.4. The summed E-state index contributed by atoms with van der Waals surface area (Å²) < 4.78 is 4.93. The predicted octanol–water partition coefficient (Wildman–Crippen LogP) is 17.1. The largest absolute Gasteiger partial charge is 0.319 e. The van der Waals surface area contributed by atoms with Crippen LogP contribution in [0.2, 0.25) is 0 Å². The first-order chi connectivity index (χ1) is 34.7. The molecule has 2 aliphatic rings. The van der Waals surface area contributed by atoms with Gasteiger partial charge in [0.2, 0.25) is 0 Å². The molecule has 1 radical (unpaired) electrons. The van der Waals surface area contributed by atoms with E-state index in [2.05, 4.69) is 224 Å². The predicted molar refractivity (Wildman–Crippen MR) is 296 cm³/mol. The van der Waals surface area contributed by atoms with Crippen molar-refractivity contribution in [2.75, 3.05) is 0 Å². The third kappa shape index (κ3) is 6.59. The van der Waals surface area contributed by atoms with Crippen molar-refractivity contribution in [3.05, 3.63) is 241 Å². The molecule has 0 unspecified atom stereocenters. The van der Waals surface area contributed by atoms with Gasteiger partial charge in [-0.1, -0.05) is 170 Å². The average molecular weight is 1120 g/mol. The summed E-state index contributed by atoms with van der Waals surface area (Å²) in [6.45, 7) is 9.39. The fraction of sp³-hybridized carbons (Fsp3) is 0.0909. The monoisotopic (exact) mass is 1120 g/mol. The van der Waals surface area contributed by atoms with Crippen molar-refractivity contribution in [2.45, 2.75) is 38.5 Å². The van der Waals surface area contributed by atoms with Crippen molar-refractivity contribution in [1.82, 2.24) is 19.1 Å². The smallest absolute Gasteiger partial charge is 0.0582 e. The number of hydrogen-bond acceptors (Lipinski definition) is 3. The molecule has 4 nitrogen and oxygen atoms in total. The molecule has 0 saturated heterocycles. The summed E-state index contributed by atoms with van der Waals surface area (Å²) in [5.74, 6) is 0. The van der Waals surface area contributed by atoms with Crippen LogP contribution in [-0.4, -0.2) is 19.1 Å². The molecule has 0 saturated carbocycles. The molecule has 0 fully saturated rings. The van der Waals surface area contributed by atoms with E-state index in [9.17, 15) is 0 Å². The summed E-state index contributed by atoms with van der Waals surface area (Å²) in [6.07, 6.45) is 3.72. The minimum atomic E-state index is -0.0972. The van der Waals surface area contributed by atoms with Gasteiger partial charge in [0.15, 0.2) is 0 Å². The molecular formula is C66H46IrN4S-2. The number of rotatable bonds is 4. The van der Waals surface area contributed by atoms with E-state index in [4.69, 9.17) is 4.98 Å². The molecule has 7 heterocycles. The fourth-order valence-corrected chi connectivity index (χ4v) is 12.8. The molecule has 13 aromatic rings. The number of nitrogens with zero attached hydrogens (tertiary/aromatic N) is 4. The molecule has 6 heteroatoms. The topological polar surface area (TPSA) is 35.6 Å². The Morgan fingerprint density at radius 2 is 1.10 bits per heavy atom. The maximum atomic E-state index is 4.73. The average Bonchev–Trinajstić information content (AvgIpc) is 4.14. The van der Waals surface area contributed by atoms with Crippen LogP contribution in [0.4, 0.5) is 0 Å². The Morgan fingerprint density at radius 1 is 0.458 bits per heavy atom. The number of hydrogen-bond donors (Lipinski definition) is 0. The Bertz CT molecular complexity index is 4300. The molecule has 0 N–H and O–H groups in total. The van der Waals surface area contributed by atoms with Crippen LogP contribution in [0.5, 0.6) is 0 Å². The van der Waals surface area contributed by atoms with E-state index in [1.165, 1.54) is 104 Å². The van der Waals surface area contributed by atoms with Crippen molar-refractivity contribution >= 4 is 65.7 Å². The summed E-state index contributed by atoms with van der Waals surface area (Å²) >= 11 is 1.75. The van der Waals surface area contributed by atoms with Gasteiger partial charge in [0, 0.05) is 64.9 Å². The standard InChI is InChI=1S/C36H25N2.C30H21N2S.Ir/c1-36(2)30-14-5-6-16-33(30)38-32-18-17-25(22-29(32)28-13-8-15-31(36)35(28)38)24-10-7-11-26(21-24)34-27-12-4-3-9-23(27)19-20-37-34;1-30(2)22-10-7-9-21-20-8-3-4-12-25(20)32(29(21)22)26-14-13-19(18-23(26)30)27-15-16-28(33-27)24-11-5-6-17-31-24;/h3-10,12-22H,1-2H3;3-15,17-18H,1-2H3;/q2*-1;. The van der Waals surface area contributed by atoms with Gasteiger partial charge in [0.1, 0.15) is 0 Å². The zero-order chi connectivity index (χ0) is 47.6. The quantitative estimate of drug-likeness (QED) is 0.165. The van der Waals surface area contributed by atoms with E-state index in [1.807, 2.05) is 36.7 Å². The second-order valence-corrected chi connectivity index (χ2v) is 21.0. The first-order valence-electron chi connectivity index (χ1n) is 24.4. The van der Waals surface area contributed by atoms with Crippen molar-refractivity contribution in [2.24, 2.45) is 0 Å². The Kier molecular flexibility index (Phi) is 10.2. The Hall–Kier alpha value is -7.73. The summed E-state index contributed by atoms with van der Waals surface area (Å²) in [4.78, 5) is 11.5. The number of thiophene rings is 1. The van der Waals surface area contributed by atoms with E-state index in [1.54, 1.807) is 11.3 Å². The van der Waals surface area contributed by atoms with Gasteiger partial charge < -0.3 is 19.1 Å². The summed E-state index contributed by atoms with van der Waals surface area (Å²) in [7, 11) is 0. The summed E-state index contributed by atoms with van der Waals surface area (Å²) in [6, 6.07) is 76.8. The van der Waals surface area contributed by atoms with Crippen molar-refractivity contribution in [1.29, 1.82) is 0 Å². The molecule has 2 aliphatic heterocycles. The van der Waals surface area contributed by atoms with Crippen LogP contribution in [0.25, 0.3) is 109 Å². The van der Waals surface area contributed by atoms with E-state index in [-0.39, 0.29) is 30.9 Å². The second kappa shape index (κ2) is 16.7. The molecular weight excluding hydrogens is 1070 g/mol. The second-order valence-electron chi connectivity index (χ2n) is 20.0. The normalized spacial score (nSPS) is 13.7. The van der Waals surface area contributed by atoms with Crippen LogP contribution in [0.15, 0.2) is 207 Å². The van der Waals surface area contributed by atoms with Crippen molar-refractivity contribution < 1.29 is 20.1 Å². The van der Waals surface area contributed by atoms with Crippen LogP contribution in [0.3, 0.4) is 0 Å². The minimum Gasteiger partial charge on any atom is -0.319 e. The molecule has 0 amide bonds. The molecule has 15 rings (SSSR count). The van der Waals surface area contributed by atoms with E-state index < -0.39 is 0 Å². The van der Waals surface area contributed by atoms with Gasteiger partial charge in [-0.25, -0.2) is 11.3 Å². The molecule has 8 aromatic carbocycles. The Balaban J connectivity index is 0.000000139. The third-order valence-electron chi connectivity index (χ3n) is 15.3. The Labute approximate surface area is 436 Å².